The van der Waals surface area contributed by atoms with E-state index in [1.807, 2.05) is 12.4 Å². The highest BCUT2D eigenvalue weighted by molar-refractivity contribution is 6.14. The molecule has 0 amide bonds. The van der Waals surface area contributed by atoms with E-state index < -0.39 is 0 Å². The van der Waals surface area contributed by atoms with E-state index in [0.717, 1.165) is 6.54 Å². The lowest BCUT2D eigenvalue weighted by molar-refractivity contribution is 0.654. The standard InChI is InChI=1S/C18H14N2/c1-2-6-17-14(4-1)16-10-12-11-19-8-7-13(12)15-5-3-9-20(17)18(15)16/h1-2,4,6-8,10-11H,3,5,9H2. The number of fused-ring (bicyclic) bond motifs is 5. The average Bonchev–Trinajstić information content (AvgIpc) is 2.84. The summed E-state index contributed by atoms with van der Waals surface area (Å²) in [5.74, 6) is 0. The molecule has 0 saturated heterocycles. The zero-order valence-electron chi connectivity index (χ0n) is 11.1. The second kappa shape index (κ2) is 3.60. The number of para-hydroxylation sites is 1. The summed E-state index contributed by atoms with van der Waals surface area (Å²) in [5.41, 5.74) is 4.31. The summed E-state index contributed by atoms with van der Waals surface area (Å²) < 4.78 is 2.50. The molecule has 0 N–H and O–H groups in total. The minimum absolute atomic E-state index is 1.13. The lowest BCUT2D eigenvalue weighted by Crippen LogP contribution is -2.07. The van der Waals surface area contributed by atoms with Gasteiger partial charge in [-0.1, -0.05) is 18.2 Å². The molecule has 4 aromatic rings. The van der Waals surface area contributed by atoms with E-state index in [-0.39, 0.29) is 0 Å². The first kappa shape index (κ1) is 10.4. The Bertz CT molecular complexity index is 973. The molecule has 2 aromatic heterocycles. The molecule has 0 unspecified atom stereocenters. The summed E-state index contributed by atoms with van der Waals surface area (Å²) in [6, 6.07) is 13.2. The molecule has 2 aromatic carbocycles. The zero-order valence-corrected chi connectivity index (χ0v) is 11.1. The maximum Gasteiger partial charge on any atom is 0.0530 e. The molecule has 0 bridgehead atoms. The van der Waals surface area contributed by atoms with Crippen LogP contribution in [-0.4, -0.2) is 9.55 Å². The molecule has 20 heavy (non-hydrogen) atoms. The van der Waals surface area contributed by atoms with Gasteiger partial charge in [0.15, 0.2) is 0 Å². The largest absolute Gasteiger partial charge is 0.340 e. The van der Waals surface area contributed by atoms with Crippen LogP contribution in [0.5, 0.6) is 0 Å². The molecule has 96 valence electrons. The molecule has 0 radical (unpaired) electrons. The molecule has 1 aliphatic rings. The van der Waals surface area contributed by atoms with Gasteiger partial charge in [0.2, 0.25) is 0 Å². The van der Waals surface area contributed by atoms with Gasteiger partial charge in [-0.3, -0.25) is 4.98 Å². The number of aromatic nitrogens is 2. The summed E-state index contributed by atoms with van der Waals surface area (Å²) in [6.45, 7) is 1.13. The number of aryl methyl sites for hydroxylation is 2. The molecule has 2 heteroatoms. The molecular weight excluding hydrogens is 244 g/mol. The normalized spacial score (nSPS) is 14.4. The number of nitrogens with zero attached hydrogens (tertiary/aromatic N) is 2. The van der Waals surface area contributed by atoms with Gasteiger partial charge >= 0.3 is 0 Å². The Morgan fingerprint density at radius 2 is 1.95 bits per heavy atom. The van der Waals surface area contributed by atoms with Crippen molar-refractivity contribution in [1.82, 2.24) is 9.55 Å². The molecule has 2 nitrogen and oxygen atoms in total. The fourth-order valence-electron chi connectivity index (χ4n) is 3.78. The van der Waals surface area contributed by atoms with Crippen molar-refractivity contribution in [3.63, 3.8) is 0 Å². The predicted octanol–water partition coefficient (Wildman–Crippen LogP) is 4.29. The third kappa shape index (κ3) is 1.17. The van der Waals surface area contributed by atoms with Crippen LogP contribution >= 0.6 is 0 Å². The summed E-state index contributed by atoms with van der Waals surface area (Å²) >= 11 is 0. The molecule has 1 aliphatic heterocycles. The summed E-state index contributed by atoms with van der Waals surface area (Å²) in [4.78, 5) is 4.29. The van der Waals surface area contributed by atoms with Gasteiger partial charge in [-0.25, -0.2) is 0 Å². The van der Waals surface area contributed by atoms with Crippen LogP contribution in [0.3, 0.4) is 0 Å². The lowest BCUT2D eigenvalue weighted by Gasteiger charge is -2.18. The summed E-state index contributed by atoms with van der Waals surface area (Å²) in [6.07, 6.45) is 6.30. The van der Waals surface area contributed by atoms with Crippen molar-refractivity contribution in [1.29, 1.82) is 0 Å². The number of rotatable bonds is 0. The van der Waals surface area contributed by atoms with Crippen molar-refractivity contribution in [3.8, 4) is 0 Å². The molecule has 3 heterocycles. The van der Waals surface area contributed by atoms with E-state index in [2.05, 4.69) is 45.9 Å². The second-order valence-electron chi connectivity index (χ2n) is 5.62. The Labute approximate surface area is 116 Å². The highest BCUT2D eigenvalue weighted by Crippen LogP contribution is 2.38. The minimum Gasteiger partial charge on any atom is -0.340 e. The monoisotopic (exact) mass is 258 g/mol. The molecule has 5 rings (SSSR count). The first-order valence-electron chi connectivity index (χ1n) is 7.20. The van der Waals surface area contributed by atoms with Crippen LogP contribution in [0.4, 0.5) is 0 Å². The summed E-state index contributed by atoms with van der Waals surface area (Å²) in [5, 5.41) is 5.39. The predicted molar refractivity (Wildman–Crippen MR) is 83.1 cm³/mol. The van der Waals surface area contributed by atoms with Crippen LogP contribution in [0, 0.1) is 0 Å². The van der Waals surface area contributed by atoms with Crippen molar-refractivity contribution in [2.75, 3.05) is 0 Å². The average molecular weight is 258 g/mol. The van der Waals surface area contributed by atoms with Crippen LogP contribution in [0.15, 0.2) is 48.8 Å². The molecule has 0 aliphatic carbocycles. The lowest BCUT2D eigenvalue weighted by atomic mass is 9.96. The summed E-state index contributed by atoms with van der Waals surface area (Å²) in [7, 11) is 0. The van der Waals surface area contributed by atoms with Crippen molar-refractivity contribution in [3.05, 3.63) is 54.4 Å². The first-order chi connectivity index (χ1) is 9.93. The number of hydrogen-bond acceptors (Lipinski definition) is 1. The fourth-order valence-corrected chi connectivity index (χ4v) is 3.78. The Morgan fingerprint density at radius 1 is 1.00 bits per heavy atom. The molecular formula is C18H14N2. The van der Waals surface area contributed by atoms with Gasteiger partial charge in [0.1, 0.15) is 0 Å². The maximum atomic E-state index is 4.29. The topological polar surface area (TPSA) is 17.8 Å². The minimum atomic E-state index is 1.13. The van der Waals surface area contributed by atoms with Gasteiger partial charge in [0, 0.05) is 40.6 Å². The number of pyridine rings is 1. The van der Waals surface area contributed by atoms with Crippen molar-refractivity contribution < 1.29 is 0 Å². The SMILES string of the molecule is c1ccc2c(c1)c1cc3cnccc3c3c1n2CCC3. The Morgan fingerprint density at radius 3 is 2.95 bits per heavy atom. The van der Waals surface area contributed by atoms with Gasteiger partial charge in [0.25, 0.3) is 0 Å². The fraction of sp³-hybridized carbons (Fsp3) is 0.167. The maximum absolute atomic E-state index is 4.29. The Balaban J connectivity index is 2.15. The Kier molecular flexibility index (Phi) is 1.88. The van der Waals surface area contributed by atoms with E-state index in [4.69, 9.17) is 0 Å². The van der Waals surface area contributed by atoms with Crippen LogP contribution in [0.25, 0.3) is 32.6 Å². The molecule has 0 spiro atoms. The van der Waals surface area contributed by atoms with E-state index in [1.54, 1.807) is 0 Å². The number of benzene rings is 2. The van der Waals surface area contributed by atoms with Crippen LogP contribution in [-0.2, 0) is 13.0 Å². The van der Waals surface area contributed by atoms with Crippen molar-refractivity contribution in [2.45, 2.75) is 19.4 Å². The van der Waals surface area contributed by atoms with Gasteiger partial charge < -0.3 is 4.57 Å². The van der Waals surface area contributed by atoms with Crippen LogP contribution < -0.4 is 0 Å². The van der Waals surface area contributed by atoms with Crippen LogP contribution in [0.2, 0.25) is 0 Å². The third-order valence-corrected chi connectivity index (χ3v) is 4.58. The van der Waals surface area contributed by atoms with Gasteiger partial charge in [-0.15, -0.1) is 0 Å². The van der Waals surface area contributed by atoms with Crippen LogP contribution in [0.1, 0.15) is 12.0 Å². The van der Waals surface area contributed by atoms with E-state index in [9.17, 15) is 0 Å². The van der Waals surface area contributed by atoms with E-state index in [1.165, 1.54) is 51.0 Å². The number of hydrogen-bond donors (Lipinski definition) is 0. The quantitative estimate of drug-likeness (QED) is 0.460. The molecule has 0 atom stereocenters. The molecule has 0 fully saturated rings. The van der Waals surface area contributed by atoms with Crippen molar-refractivity contribution >= 4 is 32.6 Å². The van der Waals surface area contributed by atoms with E-state index in [0.29, 0.717) is 0 Å². The first-order valence-corrected chi connectivity index (χ1v) is 7.20. The third-order valence-electron chi connectivity index (χ3n) is 4.58. The highest BCUT2D eigenvalue weighted by Gasteiger charge is 2.19. The van der Waals surface area contributed by atoms with Gasteiger partial charge in [-0.2, -0.15) is 0 Å². The smallest absolute Gasteiger partial charge is 0.0530 e. The van der Waals surface area contributed by atoms with Crippen molar-refractivity contribution in [2.24, 2.45) is 0 Å². The second-order valence-corrected chi connectivity index (χ2v) is 5.62. The highest BCUT2D eigenvalue weighted by atomic mass is 15.0. The van der Waals surface area contributed by atoms with Gasteiger partial charge in [-0.05, 0) is 42.0 Å². The Hall–Kier alpha value is -2.35. The van der Waals surface area contributed by atoms with Gasteiger partial charge in [0.05, 0.1) is 5.52 Å². The zero-order chi connectivity index (χ0) is 13.1. The van der Waals surface area contributed by atoms with E-state index >= 15 is 0 Å². The molecule has 0 saturated carbocycles.